The Morgan fingerprint density at radius 2 is 1.67 bits per heavy atom. The molecular formula is C11H16N2O4S. The molecule has 4 N–H and O–H groups in total. The number of nitrogen functional groups attached to an aromatic ring is 1. The maximum absolute atomic E-state index is 11.4. The highest BCUT2D eigenvalue weighted by Gasteiger charge is 2.23. The number of rotatable bonds is 2. The van der Waals surface area contributed by atoms with Crippen LogP contribution in [0.2, 0.25) is 0 Å². The van der Waals surface area contributed by atoms with E-state index in [9.17, 15) is 17.8 Å². The van der Waals surface area contributed by atoms with Crippen LogP contribution in [0.1, 0.15) is 23.6 Å². The highest BCUT2D eigenvalue weighted by molar-refractivity contribution is 7.86. The molecule has 0 spiro atoms. The number of nitrogens with one attached hydrogen (secondary N) is 1. The molecule has 0 aromatic heterocycles. The topological polar surface area (TPSA) is 109 Å². The molecule has 0 aliphatic carbocycles. The number of carbonyl (C=O) groups excluding carboxylic acids is 1. The molecule has 0 radical (unpaired) electrons. The van der Waals surface area contributed by atoms with Crippen molar-refractivity contribution < 1.29 is 17.8 Å². The number of hydrogen-bond donors (Lipinski definition) is 3. The fourth-order valence-corrected chi connectivity index (χ4v) is 2.95. The van der Waals surface area contributed by atoms with Gasteiger partial charge in [-0.2, -0.15) is 8.42 Å². The fraction of sp³-hybridized carbons (Fsp3) is 0.364. The van der Waals surface area contributed by atoms with Gasteiger partial charge in [-0.3, -0.25) is 9.35 Å². The van der Waals surface area contributed by atoms with E-state index >= 15 is 0 Å². The predicted octanol–water partition coefficient (Wildman–Crippen LogP) is 1.40. The third kappa shape index (κ3) is 2.46. The second-order valence-electron chi connectivity index (χ2n) is 4.15. The van der Waals surface area contributed by atoms with Crippen LogP contribution in [0.3, 0.4) is 0 Å². The van der Waals surface area contributed by atoms with E-state index in [1.54, 1.807) is 6.92 Å². The minimum Gasteiger partial charge on any atom is -0.398 e. The smallest absolute Gasteiger partial charge is 0.295 e. The minimum absolute atomic E-state index is 0.233. The van der Waals surface area contributed by atoms with Crippen LogP contribution in [0.5, 0.6) is 0 Å². The Kier molecular flexibility index (Phi) is 3.68. The molecule has 0 heterocycles. The molecule has 18 heavy (non-hydrogen) atoms. The number of hydrogen-bond acceptors (Lipinski definition) is 4. The zero-order valence-corrected chi connectivity index (χ0v) is 11.5. The molecule has 0 atom stereocenters. The maximum atomic E-state index is 11.4. The molecule has 1 amide bonds. The average molecular weight is 272 g/mol. The van der Waals surface area contributed by atoms with Gasteiger partial charge >= 0.3 is 0 Å². The average Bonchev–Trinajstić information content (AvgIpc) is 2.19. The minimum atomic E-state index is -4.39. The summed E-state index contributed by atoms with van der Waals surface area (Å²) >= 11 is 0. The molecule has 0 aliphatic heterocycles. The Morgan fingerprint density at radius 1 is 1.17 bits per heavy atom. The number of carbonyl (C=O) groups is 1. The first-order valence-electron chi connectivity index (χ1n) is 5.21. The van der Waals surface area contributed by atoms with Crippen LogP contribution in [0.4, 0.5) is 11.4 Å². The largest absolute Gasteiger partial charge is 0.398 e. The lowest BCUT2D eigenvalue weighted by Crippen LogP contribution is -2.15. The first kappa shape index (κ1) is 14.5. The van der Waals surface area contributed by atoms with Gasteiger partial charge in [-0.1, -0.05) is 0 Å². The lowest BCUT2D eigenvalue weighted by Gasteiger charge is -2.18. The third-order valence-electron chi connectivity index (χ3n) is 2.80. The Balaban J connectivity index is 3.76. The molecule has 7 heteroatoms. The zero-order chi connectivity index (χ0) is 14.2. The molecule has 1 aromatic rings. The Hall–Kier alpha value is -1.60. The van der Waals surface area contributed by atoms with Gasteiger partial charge in [0.2, 0.25) is 5.91 Å². The summed E-state index contributed by atoms with van der Waals surface area (Å²) in [6, 6.07) is 0. The van der Waals surface area contributed by atoms with E-state index in [-0.39, 0.29) is 27.6 Å². The normalized spacial score (nSPS) is 11.4. The summed E-state index contributed by atoms with van der Waals surface area (Å²) in [5, 5.41) is 2.53. The van der Waals surface area contributed by atoms with Crippen LogP contribution in [0.15, 0.2) is 4.90 Å². The first-order valence-corrected chi connectivity index (χ1v) is 6.65. The predicted molar refractivity (Wildman–Crippen MR) is 69.2 cm³/mol. The fourth-order valence-electron chi connectivity index (χ4n) is 1.96. The van der Waals surface area contributed by atoms with E-state index in [2.05, 4.69) is 5.32 Å². The molecule has 1 aromatic carbocycles. The number of nitrogens with two attached hydrogens (primary N) is 1. The van der Waals surface area contributed by atoms with Gasteiger partial charge in [-0.05, 0) is 37.5 Å². The zero-order valence-electron chi connectivity index (χ0n) is 10.7. The molecule has 1 rings (SSSR count). The Morgan fingerprint density at radius 3 is 2.06 bits per heavy atom. The SMILES string of the molecule is CC(=O)Nc1c(C)c(N)c(C)c(S(=O)(=O)O)c1C. The second kappa shape index (κ2) is 4.58. The van der Waals surface area contributed by atoms with Crippen molar-refractivity contribution in [2.24, 2.45) is 0 Å². The van der Waals surface area contributed by atoms with E-state index in [0.717, 1.165) is 0 Å². The van der Waals surface area contributed by atoms with Crippen LogP contribution in [-0.2, 0) is 14.9 Å². The van der Waals surface area contributed by atoms with Gasteiger partial charge in [0.25, 0.3) is 10.1 Å². The second-order valence-corrected chi connectivity index (χ2v) is 5.51. The van der Waals surface area contributed by atoms with E-state index < -0.39 is 10.1 Å². The summed E-state index contributed by atoms with van der Waals surface area (Å²) in [6.45, 7) is 6.00. The van der Waals surface area contributed by atoms with Crippen molar-refractivity contribution in [3.8, 4) is 0 Å². The summed E-state index contributed by atoms with van der Waals surface area (Å²) in [5.74, 6) is -0.342. The van der Waals surface area contributed by atoms with Gasteiger partial charge in [0.1, 0.15) is 4.90 Å². The van der Waals surface area contributed by atoms with Crippen LogP contribution in [0, 0.1) is 20.8 Å². The van der Waals surface area contributed by atoms with Gasteiger partial charge in [0.15, 0.2) is 0 Å². The first-order chi connectivity index (χ1) is 8.07. The van der Waals surface area contributed by atoms with Crippen LogP contribution in [0.25, 0.3) is 0 Å². The molecule has 0 bridgehead atoms. The van der Waals surface area contributed by atoms with Gasteiger partial charge in [-0.25, -0.2) is 0 Å². The molecule has 0 aliphatic rings. The lowest BCUT2D eigenvalue weighted by molar-refractivity contribution is -0.114. The van der Waals surface area contributed by atoms with Gasteiger partial charge < -0.3 is 11.1 Å². The van der Waals surface area contributed by atoms with Gasteiger partial charge in [0.05, 0.1) is 5.69 Å². The monoisotopic (exact) mass is 272 g/mol. The summed E-state index contributed by atoms with van der Waals surface area (Å²) in [6.07, 6.45) is 0. The highest BCUT2D eigenvalue weighted by atomic mass is 32.2. The van der Waals surface area contributed by atoms with Gasteiger partial charge in [-0.15, -0.1) is 0 Å². The molecule has 0 saturated carbocycles. The quantitative estimate of drug-likeness (QED) is 0.557. The van der Waals surface area contributed by atoms with Crippen molar-refractivity contribution in [1.29, 1.82) is 0 Å². The molecule has 100 valence electrons. The van der Waals surface area contributed by atoms with E-state index in [0.29, 0.717) is 11.3 Å². The molecule has 6 nitrogen and oxygen atoms in total. The van der Waals surface area contributed by atoms with Crippen LogP contribution in [-0.4, -0.2) is 18.9 Å². The third-order valence-corrected chi connectivity index (χ3v) is 3.93. The van der Waals surface area contributed by atoms with Crippen molar-refractivity contribution >= 4 is 27.4 Å². The summed E-state index contributed by atoms with van der Waals surface area (Å²) < 4.78 is 32.0. The van der Waals surface area contributed by atoms with E-state index in [4.69, 9.17) is 5.73 Å². The van der Waals surface area contributed by atoms with Crippen molar-refractivity contribution in [2.45, 2.75) is 32.6 Å². The van der Waals surface area contributed by atoms with Crippen LogP contribution >= 0.6 is 0 Å². The Bertz CT molecular complexity index is 621. The number of amides is 1. The van der Waals surface area contributed by atoms with E-state index in [1.165, 1.54) is 20.8 Å². The lowest BCUT2D eigenvalue weighted by atomic mass is 10.0. The van der Waals surface area contributed by atoms with Crippen molar-refractivity contribution in [1.82, 2.24) is 0 Å². The molecule has 0 saturated heterocycles. The number of anilines is 2. The maximum Gasteiger partial charge on any atom is 0.295 e. The summed E-state index contributed by atoms with van der Waals surface area (Å²) in [5.41, 5.74) is 7.48. The number of benzene rings is 1. The van der Waals surface area contributed by atoms with E-state index in [1.807, 2.05) is 0 Å². The molecule has 0 unspecified atom stereocenters. The van der Waals surface area contributed by atoms with Gasteiger partial charge in [0, 0.05) is 12.6 Å². The van der Waals surface area contributed by atoms with Crippen molar-refractivity contribution in [2.75, 3.05) is 11.1 Å². The van der Waals surface area contributed by atoms with Crippen molar-refractivity contribution in [3.05, 3.63) is 16.7 Å². The molecular weight excluding hydrogens is 256 g/mol. The highest BCUT2D eigenvalue weighted by Crippen LogP contribution is 2.35. The summed E-state index contributed by atoms with van der Waals surface area (Å²) in [7, 11) is -4.39. The summed E-state index contributed by atoms with van der Waals surface area (Å²) in [4.78, 5) is 10.9. The Labute approximate surface area is 106 Å². The van der Waals surface area contributed by atoms with Crippen LogP contribution < -0.4 is 11.1 Å². The standard InChI is InChI=1S/C11H16N2O4S/c1-5-9(12)6(2)11(18(15,16)17)7(3)10(5)13-8(4)14/h12H2,1-4H3,(H,13,14)(H,15,16,17). The van der Waals surface area contributed by atoms with Crippen molar-refractivity contribution in [3.63, 3.8) is 0 Å². The molecule has 0 fully saturated rings.